The Morgan fingerprint density at radius 2 is 0.705 bits per heavy atom. The van der Waals surface area contributed by atoms with Gasteiger partial charge in [0.15, 0.2) is 0 Å². The van der Waals surface area contributed by atoms with Crippen molar-refractivity contribution >= 4 is 5.91 Å². The molecular weight excluding hydrogens is 755 g/mol. The third-order valence-electron chi connectivity index (χ3n) is 12.9. The van der Waals surface area contributed by atoms with Gasteiger partial charge in [0.25, 0.3) is 0 Å². The van der Waals surface area contributed by atoms with Gasteiger partial charge in [-0.1, -0.05) is 269 Å². The SMILES string of the molecule is CCCCCCCCCCC/C=C\C/C=C\CCCCCCCCCCCCCCCCCCC(O)C(=O)NC(CO)C(O)C(O)CCCCCCCCCCCCCCC. The molecule has 0 saturated carbocycles. The maximum Gasteiger partial charge on any atom is 0.249 e. The first-order chi connectivity index (χ1) is 30.0. The Morgan fingerprint density at radius 3 is 1.03 bits per heavy atom. The Labute approximate surface area is 380 Å². The van der Waals surface area contributed by atoms with Gasteiger partial charge in [0, 0.05) is 0 Å². The van der Waals surface area contributed by atoms with Crippen LogP contribution in [0.15, 0.2) is 24.3 Å². The molecule has 0 bridgehead atoms. The third-order valence-corrected chi connectivity index (χ3v) is 12.9. The third kappa shape index (κ3) is 43.8. The molecule has 0 spiro atoms. The average Bonchev–Trinajstić information content (AvgIpc) is 3.26. The molecule has 5 N–H and O–H groups in total. The summed E-state index contributed by atoms with van der Waals surface area (Å²) in [7, 11) is 0. The Kier molecular flexibility index (Phi) is 48.8. The Morgan fingerprint density at radius 1 is 0.410 bits per heavy atom. The van der Waals surface area contributed by atoms with Gasteiger partial charge in [-0.25, -0.2) is 0 Å². The summed E-state index contributed by atoms with van der Waals surface area (Å²) in [6.45, 7) is 4.06. The maximum absolute atomic E-state index is 12.6. The smallest absolute Gasteiger partial charge is 0.249 e. The lowest BCUT2D eigenvalue weighted by atomic mass is 9.99. The van der Waals surface area contributed by atoms with Crippen LogP contribution in [0.3, 0.4) is 0 Å². The summed E-state index contributed by atoms with van der Waals surface area (Å²) in [6.07, 6.45) is 59.6. The lowest BCUT2D eigenvalue weighted by Crippen LogP contribution is -2.53. The largest absolute Gasteiger partial charge is 0.394 e. The fourth-order valence-corrected chi connectivity index (χ4v) is 8.61. The van der Waals surface area contributed by atoms with E-state index in [1.807, 2.05) is 0 Å². The lowest BCUT2D eigenvalue weighted by molar-refractivity contribution is -0.132. The Hall–Kier alpha value is -1.21. The molecular formula is C55H107NO5. The number of hydrogen-bond donors (Lipinski definition) is 5. The van der Waals surface area contributed by atoms with Crippen LogP contribution in [0.5, 0.6) is 0 Å². The fraction of sp³-hybridized carbons (Fsp3) is 0.909. The van der Waals surface area contributed by atoms with Crippen LogP contribution >= 0.6 is 0 Å². The fourth-order valence-electron chi connectivity index (χ4n) is 8.61. The van der Waals surface area contributed by atoms with E-state index in [4.69, 9.17) is 0 Å². The summed E-state index contributed by atoms with van der Waals surface area (Å²) in [4.78, 5) is 12.6. The number of allylic oxidation sites excluding steroid dienone is 4. The van der Waals surface area contributed by atoms with Gasteiger partial charge in [-0.3, -0.25) is 4.79 Å². The minimum absolute atomic E-state index is 0.372. The Bertz CT molecular complexity index is 924. The molecule has 6 heteroatoms. The van der Waals surface area contributed by atoms with Gasteiger partial charge in [0.2, 0.25) is 5.91 Å². The molecule has 61 heavy (non-hydrogen) atoms. The van der Waals surface area contributed by atoms with Gasteiger partial charge in [-0.15, -0.1) is 0 Å². The van der Waals surface area contributed by atoms with Crippen molar-refractivity contribution in [1.29, 1.82) is 0 Å². The molecule has 362 valence electrons. The summed E-state index contributed by atoms with van der Waals surface area (Å²) < 4.78 is 0. The number of rotatable bonds is 50. The van der Waals surface area contributed by atoms with Crippen LogP contribution in [0, 0.1) is 0 Å². The minimum atomic E-state index is -1.26. The second-order valence-electron chi connectivity index (χ2n) is 18.9. The first-order valence-electron chi connectivity index (χ1n) is 27.2. The predicted octanol–water partition coefficient (Wildman–Crippen LogP) is 15.5. The summed E-state index contributed by atoms with van der Waals surface area (Å²) in [5, 5.41) is 43.8. The monoisotopic (exact) mass is 862 g/mol. The van der Waals surface area contributed by atoms with Crippen molar-refractivity contribution in [3.05, 3.63) is 24.3 Å². The van der Waals surface area contributed by atoms with Gasteiger partial charge < -0.3 is 25.7 Å². The van der Waals surface area contributed by atoms with E-state index in [1.165, 1.54) is 218 Å². The van der Waals surface area contributed by atoms with Gasteiger partial charge >= 0.3 is 0 Å². The van der Waals surface area contributed by atoms with Crippen LogP contribution in [0.25, 0.3) is 0 Å². The number of carbonyl (C=O) groups is 1. The molecule has 0 rings (SSSR count). The standard InChI is InChI=1S/C55H107NO5/c1-3-5-7-9-11-13-15-17-18-19-20-21-22-23-24-25-26-27-28-29-30-31-32-33-34-35-37-39-41-43-45-47-49-53(59)55(61)56-51(50-57)54(60)52(58)48-46-44-42-40-38-36-16-14-12-10-8-6-4-2/h20-21,23-24,51-54,57-60H,3-19,22,25-50H2,1-2H3,(H,56,61)/b21-20-,24-23-. The summed E-state index contributed by atoms with van der Waals surface area (Å²) in [5.41, 5.74) is 0. The number of aliphatic hydroxyl groups excluding tert-OH is 4. The second-order valence-corrected chi connectivity index (χ2v) is 18.9. The topological polar surface area (TPSA) is 110 Å². The molecule has 0 radical (unpaired) electrons. The highest BCUT2D eigenvalue weighted by Crippen LogP contribution is 2.18. The van der Waals surface area contributed by atoms with Gasteiger partial charge in [0.1, 0.15) is 12.2 Å². The number of carbonyl (C=O) groups excluding carboxylic acids is 1. The van der Waals surface area contributed by atoms with Crippen molar-refractivity contribution in [2.24, 2.45) is 0 Å². The zero-order valence-corrected chi connectivity index (χ0v) is 40.9. The second kappa shape index (κ2) is 49.8. The highest BCUT2D eigenvalue weighted by Gasteiger charge is 2.28. The molecule has 0 aromatic carbocycles. The van der Waals surface area contributed by atoms with E-state index in [1.54, 1.807) is 0 Å². The van der Waals surface area contributed by atoms with Crippen molar-refractivity contribution in [2.45, 2.75) is 314 Å². The molecule has 0 aliphatic heterocycles. The number of aliphatic hydroxyl groups is 4. The average molecular weight is 862 g/mol. The Balaban J connectivity index is 3.57. The van der Waals surface area contributed by atoms with E-state index in [0.717, 1.165) is 44.9 Å². The number of amides is 1. The van der Waals surface area contributed by atoms with Crippen molar-refractivity contribution in [3.8, 4) is 0 Å². The summed E-state index contributed by atoms with van der Waals surface area (Å²) >= 11 is 0. The maximum atomic E-state index is 12.6. The number of hydrogen-bond acceptors (Lipinski definition) is 5. The van der Waals surface area contributed by atoms with Crippen LogP contribution in [0.2, 0.25) is 0 Å². The van der Waals surface area contributed by atoms with Gasteiger partial charge in [0.05, 0.1) is 18.8 Å². The zero-order chi connectivity index (χ0) is 44.5. The van der Waals surface area contributed by atoms with E-state index in [2.05, 4.69) is 43.5 Å². The van der Waals surface area contributed by atoms with Crippen LogP contribution in [-0.2, 0) is 4.79 Å². The molecule has 0 aromatic heterocycles. The molecule has 4 unspecified atom stereocenters. The van der Waals surface area contributed by atoms with Crippen molar-refractivity contribution in [2.75, 3.05) is 6.61 Å². The van der Waals surface area contributed by atoms with Crippen molar-refractivity contribution in [3.63, 3.8) is 0 Å². The van der Waals surface area contributed by atoms with Crippen molar-refractivity contribution in [1.82, 2.24) is 5.32 Å². The predicted molar refractivity (Wildman–Crippen MR) is 265 cm³/mol. The van der Waals surface area contributed by atoms with Gasteiger partial charge in [-0.05, 0) is 44.9 Å². The van der Waals surface area contributed by atoms with E-state index in [9.17, 15) is 25.2 Å². The van der Waals surface area contributed by atoms with Crippen LogP contribution in [-0.4, -0.2) is 57.3 Å². The lowest BCUT2D eigenvalue weighted by Gasteiger charge is -2.27. The molecule has 0 heterocycles. The quantitative estimate of drug-likeness (QED) is 0.0309. The molecule has 0 aromatic rings. The molecule has 0 saturated heterocycles. The van der Waals surface area contributed by atoms with E-state index in [-0.39, 0.29) is 0 Å². The molecule has 4 atom stereocenters. The van der Waals surface area contributed by atoms with Crippen LogP contribution < -0.4 is 5.32 Å². The highest BCUT2D eigenvalue weighted by molar-refractivity contribution is 5.80. The summed E-state index contributed by atoms with van der Waals surface area (Å²) in [6, 6.07) is -0.983. The highest BCUT2D eigenvalue weighted by atomic mass is 16.3. The molecule has 0 aliphatic rings. The normalized spacial score (nSPS) is 14.0. The molecule has 0 aliphatic carbocycles. The van der Waals surface area contributed by atoms with Crippen LogP contribution in [0.1, 0.15) is 290 Å². The zero-order valence-electron chi connectivity index (χ0n) is 40.9. The molecule has 6 nitrogen and oxygen atoms in total. The number of nitrogens with one attached hydrogen (secondary N) is 1. The molecule has 0 fully saturated rings. The van der Waals surface area contributed by atoms with Gasteiger partial charge in [-0.2, -0.15) is 0 Å². The van der Waals surface area contributed by atoms with Crippen molar-refractivity contribution < 1.29 is 25.2 Å². The summed E-state index contributed by atoms with van der Waals surface area (Å²) in [5.74, 6) is -0.581. The number of unbranched alkanes of at least 4 members (excludes halogenated alkanes) is 37. The van der Waals surface area contributed by atoms with Crippen LogP contribution in [0.4, 0.5) is 0 Å². The van der Waals surface area contributed by atoms with E-state index in [0.29, 0.717) is 12.8 Å². The first-order valence-corrected chi connectivity index (χ1v) is 27.2. The minimum Gasteiger partial charge on any atom is -0.394 e. The first kappa shape index (κ1) is 59.8. The van der Waals surface area contributed by atoms with E-state index >= 15 is 0 Å². The van der Waals surface area contributed by atoms with E-state index < -0.39 is 36.9 Å². The molecule has 1 amide bonds.